The third kappa shape index (κ3) is 1.55. The van der Waals surface area contributed by atoms with E-state index < -0.39 is 0 Å². The second kappa shape index (κ2) is 3.85. The molecule has 94 valence electrons. The molecule has 1 atom stereocenters. The molecule has 4 rings (SSSR count). The van der Waals surface area contributed by atoms with Crippen LogP contribution in [0.15, 0.2) is 42.5 Å². The Kier molecular flexibility index (Phi) is 2.15. The molecule has 0 radical (unpaired) electrons. The summed E-state index contributed by atoms with van der Waals surface area (Å²) in [5.74, 6) is 1.91. The number of hydrogen-bond donors (Lipinski definition) is 0. The third-order valence-electron chi connectivity index (χ3n) is 3.83. The van der Waals surface area contributed by atoms with Crippen molar-refractivity contribution < 1.29 is 14.3 Å². The molecule has 1 aliphatic heterocycles. The molecule has 0 fully saturated rings. The zero-order valence-corrected chi connectivity index (χ0v) is 10.3. The van der Waals surface area contributed by atoms with E-state index in [0.717, 1.165) is 28.2 Å². The van der Waals surface area contributed by atoms with Crippen LogP contribution >= 0.6 is 0 Å². The number of ketones is 1. The van der Waals surface area contributed by atoms with Crippen LogP contribution in [0.4, 0.5) is 0 Å². The van der Waals surface area contributed by atoms with Gasteiger partial charge in [-0.05, 0) is 23.3 Å². The van der Waals surface area contributed by atoms with E-state index in [0.29, 0.717) is 6.42 Å². The lowest BCUT2D eigenvalue weighted by Crippen LogP contribution is -1.96. The normalized spacial score (nSPS) is 19.6. The molecule has 0 saturated heterocycles. The molecule has 0 bridgehead atoms. The first kappa shape index (κ1) is 10.6. The number of benzene rings is 2. The summed E-state index contributed by atoms with van der Waals surface area (Å²) in [7, 11) is 0. The molecule has 2 aromatic rings. The summed E-state index contributed by atoms with van der Waals surface area (Å²) in [6.07, 6.45) is 0.541. The van der Waals surface area contributed by atoms with Crippen molar-refractivity contribution >= 4 is 5.78 Å². The lowest BCUT2D eigenvalue weighted by molar-refractivity contribution is 0.0991. The van der Waals surface area contributed by atoms with Gasteiger partial charge in [0, 0.05) is 17.9 Å². The zero-order valence-electron chi connectivity index (χ0n) is 10.3. The van der Waals surface area contributed by atoms with Crippen molar-refractivity contribution in [3.05, 3.63) is 59.2 Å². The van der Waals surface area contributed by atoms with Crippen LogP contribution in [0.25, 0.3) is 0 Å². The fraction of sp³-hybridized carbons (Fsp3) is 0.188. The first-order chi connectivity index (χ1) is 9.33. The molecule has 3 nitrogen and oxygen atoms in total. The van der Waals surface area contributed by atoms with Crippen LogP contribution in [0, 0.1) is 0 Å². The summed E-state index contributed by atoms with van der Waals surface area (Å²) in [4.78, 5) is 12.0. The second-order valence-electron chi connectivity index (χ2n) is 4.88. The number of rotatable bonds is 1. The topological polar surface area (TPSA) is 35.5 Å². The van der Waals surface area contributed by atoms with E-state index in [9.17, 15) is 4.79 Å². The van der Waals surface area contributed by atoms with Crippen molar-refractivity contribution in [3.8, 4) is 11.5 Å². The van der Waals surface area contributed by atoms with Crippen molar-refractivity contribution in [1.29, 1.82) is 0 Å². The maximum absolute atomic E-state index is 12.0. The van der Waals surface area contributed by atoms with E-state index in [4.69, 9.17) is 9.47 Å². The van der Waals surface area contributed by atoms with Gasteiger partial charge in [0.25, 0.3) is 0 Å². The predicted octanol–water partition coefficient (Wildman–Crippen LogP) is 3.13. The van der Waals surface area contributed by atoms with E-state index in [1.54, 1.807) is 0 Å². The Morgan fingerprint density at radius 3 is 2.79 bits per heavy atom. The molecular weight excluding hydrogens is 240 g/mol. The molecule has 0 amide bonds. The molecule has 2 aliphatic rings. The van der Waals surface area contributed by atoms with Crippen LogP contribution in [0.1, 0.15) is 33.8 Å². The summed E-state index contributed by atoms with van der Waals surface area (Å²) in [5, 5.41) is 0. The number of hydrogen-bond acceptors (Lipinski definition) is 3. The van der Waals surface area contributed by atoms with Gasteiger partial charge in [-0.1, -0.05) is 30.3 Å². The highest BCUT2D eigenvalue weighted by molar-refractivity contribution is 6.01. The summed E-state index contributed by atoms with van der Waals surface area (Å²) in [5.41, 5.74) is 3.08. The van der Waals surface area contributed by atoms with E-state index in [1.165, 1.54) is 0 Å². The van der Waals surface area contributed by atoms with Gasteiger partial charge < -0.3 is 9.47 Å². The van der Waals surface area contributed by atoms with Crippen LogP contribution in [0.2, 0.25) is 0 Å². The van der Waals surface area contributed by atoms with E-state index >= 15 is 0 Å². The standard InChI is InChI=1S/C16H12O3/c17-14-8-13(11-3-1-2-4-12(11)14)10-5-6-15-16(7-10)19-9-18-15/h1-7,13H,8-9H2/t13-/m0/s1. The smallest absolute Gasteiger partial charge is 0.231 e. The Morgan fingerprint density at radius 1 is 1.00 bits per heavy atom. The Labute approximate surface area is 110 Å². The Bertz CT molecular complexity index is 675. The van der Waals surface area contributed by atoms with Gasteiger partial charge in [-0.15, -0.1) is 0 Å². The second-order valence-corrected chi connectivity index (χ2v) is 4.88. The summed E-state index contributed by atoms with van der Waals surface area (Å²) in [6, 6.07) is 13.8. The molecule has 0 N–H and O–H groups in total. The molecule has 2 aromatic carbocycles. The van der Waals surface area contributed by atoms with Gasteiger partial charge in [0.2, 0.25) is 6.79 Å². The van der Waals surface area contributed by atoms with Crippen LogP contribution in [0.5, 0.6) is 11.5 Å². The monoisotopic (exact) mass is 252 g/mol. The van der Waals surface area contributed by atoms with Crippen LogP contribution in [0.3, 0.4) is 0 Å². The van der Waals surface area contributed by atoms with E-state index in [1.807, 2.05) is 42.5 Å². The van der Waals surface area contributed by atoms with Gasteiger partial charge in [0.15, 0.2) is 17.3 Å². The van der Waals surface area contributed by atoms with Gasteiger partial charge in [-0.25, -0.2) is 0 Å². The molecule has 1 aliphatic carbocycles. The van der Waals surface area contributed by atoms with Crippen molar-refractivity contribution in [2.45, 2.75) is 12.3 Å². The molecule has 0 aromatic heterocycles. The Morgan fingerprint density at radius 2 is 1.84 bits per heavy atom. The predicted molar refractivity (Wildman–Crippen MR) is 69.8 cm³/mol. The fourth-order valence-corrected chi connectivity index (χ4v) is 2.89. The highest BCUT2D eigenvalue weighted by atomic mass is 16.7. The zero-order chi connectivity index (χ0) is 12.8. The quantitative estimate of drug-likeness (QED) is 0.782. The minimum absolute atomic E-state index is 0.137. The molecule has 1 heterocycles. The van der Waals surface area contributed by atoms with Gasteiger partial charge in [0.1, 0.15) is 0 Å². The van der Waals surface area contributed by atoms with Crippen molar-refractivity contribution in [2.24, 2.45) is 0 Å². The van der Waals surface area contributed by atoms with Gasteiger partial charge in [-0.3, -0.25) is 4.79 Å². The first-order valence-corrected chi connectivity index (χ1v) is 6.34. The average molecular weight is 252 g/mol. The summed E-state index contributed by atoms with van der Waals surface area (Å²) < 4.78 is 10.7. The summed E-state index contributed by atoms with van der Waals surface area (Å²) in [6.45, 7) is 0.277. The number of carbonyl (C=O) groups is 1. The molecule has 0 saturated carbocycles. The van der Waals surface area contributed by atoms with Crippen LogP contribution in [-0.2, 0) is 0 Å². The van der Waals surface area contributed by atoms with Crippen molar-refractivity contribution in [1.82, 2.24) is 0 Å². The van der Waals surface area contributed by atoms with Gasteiger partial charge in [-0.2, -0.15) is 0 Å². The Hall–Kier alpha value is -2.29. The summed E-state index contributed by atoms with van der Waals surface area (Å²) >= 11 is 0. The maximum Gasteiger partial charge on any atom is 0.231 e. The molecule has 0 unspecified atom stereocenters. The highest BCUT2D eigenvalue weighted by Gasteiger charge is 2.30. The largest absolute Gasteiger partial charge is 0.454 e. The molecular formula is C16H12O3. The molecule has 19 heavy (non-hydrogen) atoms. The third-order valence-corrected chi connectivity index (χ3v) is 3.83. The lowest BCUT2D eigenvalue weighted by Gasteiger charge is -2.11. The van der Waals surface area contributed by atoms with Crippen molar-refractivity contribution in [3.63, 3.8) is 0 Å². The number of Topliss-reactive ketones (excluding diaryl/α,β-unsaturated/α-hetero) is 1. The maximum atomic E-state index is 12.0. The SMILES string of the molecule is O=C1C[C@@H](c2ccc3c(c2)OCO3)c2ccccc21. The van der Waals surface area contributed by atoms with Gasteiger partial charge in [0.05, 0.1) is 0 Å². The van der Waals surface area contributed by atoms with E-state index in [2.05, 4.69) is 0 Å². The first-order valence-electron chi connectivity index (χ1n) is 6.34. The highest BCUT2D eigenvalue weighted by Crippen LogP contribution is 2.41. The average Bonchev–Trinajstić information content (AvgIpc) is 3.03. The fourth-order valence-electron chi connectivity index (χ4n) is 2.89. The number of fused-ring (bicyclic) bond motifs is 2. The lowest BCUT2D eigenvalue weighted by atomic mass is 9.93. The Balaban J connectivity index is 1.80. The number of ether oxygens (including phenoxy) is 2. The van der Waals surface area contributed by atoms with Crippen LogP contribution in [-0.4, -0.2) is 12.6 Å². The van der Waals surface area contributed by atoms with Crippen molar-refractivity contribution in [2.75, 3.05) is 6.79 Å². The van der Waals surface area contributed by atoms with Gasteiger partial charge >= 0.3 is 0 Å². The minimum atomic E-state index is 0.137. The number of carbonyl (C=O) groups excluding carboxylic acids is 1. The van der Waals surface area contributed by atoms with Crippen LogP contribution < -0.4 is 9.47 Å². The molecule has 3 heteroatoms. The molecule has 0 spiro atoms. The van der Waals surface area contributed by atoms with E-state index in [-0.39, 0.29) is 18.5 Å². The minimum Gasteiger partial charge on any atom is -0.454 e.